The molecule has 3 aliphatic rings. The zero-order valence-corrected chi connectivity index (χ0v) is 17.2. The molecule has 0 saturated carbocycles. The molecule has 148 valence electrons. The van der Waals surface area contributed by atoms with Crippen molar-refractivity contribution in [1.82, 2.24) is 14.8 Å². The average Bonchev–Trinajstić information content (AvgIpc) is 2.67. The summed E-state index contributed by atoms with van der Waals surface area (Å²) in [5, 5.41) is 0. The van der Waals surface area contributed by atoms with E-state index in [9.17, 15) is 4.79 Å². The monoisotopic (exact) mass is 369 g/mol. The fourth-order valence-electron chi connectivity index (χ4n) is 5.80. The predicted molar refractivity (Wildman–Crippen MR) is 109 cm³/mol. The van der Waals surface area contributed by atoms with Crippen molar-refractivity contribution in [3.8, 4) is 0 Å². The van der Waals surface area contributed by atoms with Gasteiger partial charge >= 0.3 is 0 Å². The van der Waals surface area contributed by atoms with Crippen LogP contribution in [0, 0.1) is 24.7 Å². The van der Waals surface area contributed by atoms with Crippen LogP contribution in [0.15, 0.2) is 18.2 Å². The van der Waals surface area contributed by atoms with Crippen molar-refractivity contribution < 1.29 is 4.79 Å². The number of pyridine rings is 1. The zero-order chi connectivity index (χ0) is 19.0. The molecule has 0 aliphatic carbocycles. The van der Waals surface area contributed by atoms with Gasteiger partial charge in [0, 0.05) is 30.9 Å². The Hall–Kier alpha value is -1.42. The fourth-order valence-corrected chi connectivity index (χ4v) is 5.80. The van der Waals surface area contributed by atoms with Gasteiger partial charge in [0.05, 0.1) is 0 Å². The van der Waals surface area contributed by atoms with Crippen LogP contribution in [0.5, 0.6) is 0 Å². The van der Waals surface area contributed by atoms with Gasteiger partial charge in [-0.3, -0.25) is 9.69 Å². The lowest BCUT2D eigenvalue weighted by molar-refractivity contribution is -0.0682. The Bertz CT molecular complexity index is 673. The quantitative estimate of drug-likeness (QED) is 0.800. The van der Waals surface area contributed by atoms with Crippen LogP contribution >= 0.6 is 0 Å². The van der Waals surface area contributed by atoms with Gasteiger partial charge in [-0.25, -0.2) is 4.98 Å². The van der Waals surface area contributed by atoms with E-state index in [0.717, 1.165) is 24.7 Å². The lowest BCUT2D eigenvalue weighted by atomic mass is 9.71. The highest BCUT2D eigenvalue weighted by Gasteiger charge is 2.47. The number of aryl methyl sites for hydroxylation is 1. The SMILES string of the molecule is Cc1cccc(C(=O)N2C[C@H]3C[C@@H](C2)[C@H](CCC(C)C)N2CCCC[C@@H]32)n1. The van der Waals surface area contributed by atoms with Gasteiger partial charge in [0.2, 0.25) is 0 Å². The van der Waals surface area contributed by atoms with E-state index in [4.69, 9.17) is 0 Å². The largest absolute Gasteiger partial charge is 0.337 e. The Morgan fingerprint density at radius 2 is 2.04 bits per heavy atom. The molecule has 3 fully saturated rings. The summed E-state index contributed by atoms with van der Waals surface area (Å²) < 4.78 is 0. The van der Waals surface area contributed by atoms with Crippen LogP contribution in [-0.2, 0) is 0 Å². The minimum Gasteiger partial charge on any atom is -0.337 e. The van der Waals surface area contributed by atoms with Gasteiger partial charge in [0.15, 0.2) is 0 Å². The normalized spacial score (nSPS) is 31.0. The minimum absolute atomic E-state index is 0.139. The first-order valence-corrected chi connectivity index (χ1v) is 11.0. The molecule has 4 heterocycles. The maximum absolute atomic E-state index is 13.2. The molecule has 4 nitrogen and oxygen atoms in total. The number of hydrogen-bond donors (Lipinski definition) is 0. The number of carbonyl (C=O) groups excluding carboxylic acids is 1. The summed E-state index contributed by atoms with van der Waals surface area (Å²) in [5.41, 5.74) is 1.54. The second-order valence-corrected chi connectivity index (χ2v) is 9.47. The number of piperidine rings is 3. The Morgan fingerprint density at radius 3 is 2.81 bits per heavy atom. The summed E-state index contributed by atoms with van der Waals surface area (Å²) in [5.74, 6) is 2.17. The van der Waals surface area contributed by atoms with E-state index in [1.807, 2.05) is 25.1 Å². The highest BCUT2D eigenvalue weighted by Crippen LogP contribution is 2.43. The molecule has 0 spiro atoms. The maximum atomic E-state index is 13.2. The van der Waals surface area contributed by atoms with Crippen molar-refractivity contribution in [3.05, 3.63) is 29.6 Å². The summed E-state index contributed by atoms with van der Waals surface area (Å²) in [6, 6.07) is 7.14. The standard InChI is InChI=1S/C23H35N3O/c1-16(2)10-11-22-19-13-18(21-9-4-5-12-26(21)22)14-25(15-19)23(27)20-8-6-7-17(3)24-20/h6-8,16,18-19,21-22H,4-5,9-15H2,1-3H3/t18-,19+,21+,22+/m1/s1. The van der Waals surface area contributed by atoms with Gasteiger partial charge in [-0.2, -0.15) is 0 Å². The molecule has 2 bridgehead atoms. The number of aromatic nitrogens is 1. The lowest BCUT2D eigenvalue weighted by Crippen LogP contribution is -2.64. The second-order valence-electron chi connectivity index (χ2n) is 9.47. The third kappa shape index (κ3) is 3.91. The molecule has 0 radical (unpaired) electrons. The van der Waals surface area contributed by atoms with Crippen LogP contribution in [0.4, 0.5) is 0 Å². The van der Waals surface area contributed by atoms with Crippen molar-refractivity contribution in [2.24, 2.45) is 17.8 Å². The molecule has 4 rings (SSSR count). The highest BCUT2D eigenvalue weighted by atomic mass is 16.2. The van der Waals surface area contributed by atoms with Gasteiger partial charge < -0.3 is 4.90 Å². The number of fused-ring (bicyclic) bond motifs is 4. The summed E-state index contributed by atoms with van der Waals surface area (Å²) in [6.07, 6.45) is 7.92. The fraction of sp³-hybridized carbons (Fsp3) is 0.739. The first-order valence-electron chi connectivity index (χ1n) is 11.0. The Labute approximate surface area is 164 Å². The Morgan fingerprint density at radius 1 is 1.22 bits per heavy atom. The molecule has 1 aromatic heterocycles. The summed E-state index contributed by atoms with van der Waals surface area (Å²) in [6.45, 7) is 9.73. The molecular weight excluding hydrogens is 334 g/mol. The number of carbonyl (C=O) groups is 1. The van der Waals surface area contributed by atoms with E-state index < -0.39 is 0 Å². The van der Waals surface area contributed by atoms with Gasteiger partial charge in [0.25, 0.3) is 5.91 Å². The first-order chi connectivity index (χ1) is 13.0. The Kier molecular flexibility index (Phi) is 5.54. The molecule has 1 amide bonds. The molecule has 3 saturated heterocycles. The predicted octanol–water partition coefficient (Wildman–Crippen LogP) is 4.14. The van der Waals surface area contributed by atoms with Gasteiger partial charge in [-0.1, -0.05) is 26.3 Å². The molecule has 1 aromatic rings. The molecule has 0 unspecified atom stereocenters. The van der Waals surface area contributed by atoms with Crippen molar-refractivity contribution in [3.63, 3.8) is 0 Å². The number of rotatable bonds is 4. The number of amides is 1. The molecule has 4 heteroatoms. The average molecular weight is 370 g/mol. The second kappa shape index (κ2) is 7.90. The summed E-state index contributed by atoms with van der Waals surface area (Å²) in [4.78, 5) is 22.7. The molecule has 4 atom stereocenters. The van der Waals surface area contributed by atoms with E-state index in [2.05, 4.69) is 28.6 Å². The van der Waals surface area contributed by atoms with Crippen molar-refractivity contribution in [2.45, 2.75) is 71.4 Å². The topological polar surface area (TPSA) is 36.4 Å². The van der Waals surface area contributed by atoms with Gasteiger partial charge in [0.1, 0.15) is 5.69 Å². The van der Waals surface area contributed by atoms with Crippen LogP contribution in [0.2, 0.25) is 0 Å². The van der Waals surface area contributed by atoms with Crippen molar-refractivity contribution in [2.75, 3.05) is 19.6 Å². The number of nitrogens with zero attached hydrogens (tertiary/aromatic N) is 3. The van der Waals surface area contributed by atoms with E-state index in [1.54, 1.807) is 0 Å². The molecule has 3 aliphatic heterocycles. The van der Waals surface area contributed by atoms with Crippen LogP contribution in [0.3, 0.4) is 0 Å². The van der Waals surface area contributed by atoms with Crippen molar-refractivity contribution >= 4 is 5.91 Å². The number of likely N-dealkylation sites (tertiary alicyclic amines) is 1. The van der Waals surface area contributed by atoms with Crippen molar-refractivity contribution in [1.29, 1.82) is 0 Å². The van der Waals surface area contributed by atoms with Gasteiger partial charge in [-0.15, -0.1) is 0 Å². The Balaban J connectivity index is 1.55. The third-order valence-electron chi connectivity index (χ3n) is 7.06. The smallest absolute Gasteiger partial charge is 0.272 e. The van der Waals surface area contributed by atoms with E-state index >= 15 is 0 Å². The van der Waals surface area contributed by atoms with Crippen LogP contribution in [0.1, 0.15) is 68.6 Å². The van der Waals surface area contributed by atoms with E-state index in [-0.39, 0.29) is 5.91 Å². The molecule has 0 N–H and O–H groups in total. The van der Waals surface area contributed by atoms with Crippen LogP contribution in [-0.4, -0.2) is 52.4 Å². The van der Waals surface area contributed by atoms with E-state index in [0.29, 0.717) is 29.6 Å². The van der Waals surface area contributed by atoms with Crippen LogP contribution in [0.25, 0.3) is 0 Å². The van der Waals surface area contributed by atoms with Crippen LogP contribution < -0.4 is 0 Å². The summed E-state index contributed by atoms with van der Waals surface area (Å²) in [7, 11) is 0. The number of hydrogen-bond acceptors (Lipinski definition) is 3. The first kappa shape index (κ1) is 18.9. The minimum atomic E-state index is 0.139. The highest BCUT2D eigenvalue weighted by molar-refractivity contribution is 5.92. The molecular formula is C23H35N3O. The molecule has 27 heavy (non-hydrogen) atoms. The van der Waals surface area contributed by atoms with E-state index in [1.165, 1.54) is 45.1 Å². The lowest BCUT2D eigenvalue weighted by Gasteiger charge is -2.57. The zero-order valence-electron chi connectivity index (χ0n) is 17.2. The maximum Gasteiger partial charge on any atom is 0.272 e. The third-order valence-corrected chi connectivity index (χ3v) is 7.06. The van der Waals surface area contributed by atoms with Gasteiger partial charge in [-0.05, 0) is 75.5 Å². The molecule has 0 aromatic carbocycles. The summed E-state index contributed by atoms with van der Waals surface area (Å²) >= 11 is 0.